The second-order valence-corrected chi connectivity index (χ2v) is 9.80. The van der Waals surface area contributed by atoms with E-state index < -0.39 is 12.1 Å². The molecular weight excluding hydrogens is 394 g/mol. The highest BCUT2D eigenvalue weighted by Crippen LogP contribution is 2.35. The van der Waals surface area contributed by atoms with Gasteiger partial charge >= 0.3 is 0 Å². The number of nitrogens with one attached hydrogen (secondary N) is 3. The van der Waals surface area contributed by atoms with Crippen LogP contribution in [0.25, 0.3) is 0 Å². The molecule has 8 heteroatoms. The van der Waals surface area contributed by atoms with Crippen molar-refractivity contribution in [2.75, 3.05) is 7.05 Å². The van der Waals surface area contributed by atoms with E-state index >= 15 is 0 Å². The van der Waals surface area contributed by atoms with Crippen LogP contribution in [0.2, 0.25) is 0 Å². The number of amides is 3. The first-order valence-electron chi connectivity index (χ1n) is 11.0. The van der Waals surface area contributed by atoms with Crippen molar-refractivity contribution in [3.8, 4) is 6.07 Å². The number of nitriles is 1. The maximum atomic E-state index is 13.1. The van der Waals surface area contributed by atoms with Crippen molar-refractivity contribution in [3.05, 3.63) is 23.0 Å². The van der Waals surface area contributed by atoms with Crippen molar-refractivity contribution in [3.63, 3.8) is 0 Å². The van der Waals surface area contributed by atoms with Crippen LogP contribution in [0, 0.1) is 37.0 Å². The van der Waals surface area contributed by atoms with Gasteiger partial charge in [-0.1, -0.05) is 12.8 Å². The first-order valence-corrected chi connectivity index (χ1v) is 11.0. The van der Waals surface area contributed by atoms with E-state index in [1.165, 1.54) is 4.90 Å². The number of rotatable bonds is 8. The molecule has 0 radical (unpaired) electrons. The molecule has 3 unspecified atom stereocenters. The first-order chi connectivity index (χ1) is 14.5. The Morgan fingerprint density at radius 1 is 1.32 bits per heavy atom. The highest BCUT2D eigenvalue weighted by Gasteiger charge is 2.40. The predicted octanol–water partition coefficient (Wildman–Crippen LogP) is 2.19. The summed E-state index contributed by atoms with van der Waals surface area (Å²) in [6.45, 7) is 7.72. The summed E-state index contributed by atoms with van der Waals surface area (Å²) in [4.78, 5) is 42.9. The molecule has 1 aliphatic carbocycles. The molecular formula is C23H33N5O3. The minimum Gasteiger partial charge on any atom is -0.354 e. The number of H-pyrrole nitrogens is 1. The second kappa shape index (κ2) is 8.74. The average molecular weight is 428 g/mol. The molecule has 1 aromatic heterocycles. The van der Waals surface area contributed by atoms with E-state index in [1.807, 2.05) is 27.7 Å². The zero-order chi connectivity index (χ0) is 22.9. The van der Waals surface area contributed by atoms with Gasteiger partial charge in [0.25, 0.3) is 5.91 Å². The molecule has 3 rings (SSSR count). The van der Waals surface area contributed by atoms with Crippen LogP contribution in [-0.4, -0.2) is 52.3 Å². The Labute approximate surface area is 183 Å². The lowest BCUT2D eigenvalue weighted by atomic mass is 9.92. The third-order valence-corrected chi connectivity index (χ3v) is 6.43. The molecule has 31 heavy (non-hydrogen) atoms. The number of carbonyl (C=O) groups is 3. The lowest BCUT2D eigenvalue weighted by molar-refractivity contribution is -0.127. The molecule has 1 saturated heterocycles. The van der Waals surface area contributed by atoms with Gasteiger partial charge in [-0.2, -0.15) is 5.26 Å². The predicted molar refractivity (Wildman–Crippen MR) is 116 cm³/mol. The van der Waals surface area contributed by atoms with Crippen molar-refractivity contribution >= 4 is 17.7 Å². The summed E-state index contributed by atoms with van der Waals surface area (Å²) >= 11 is 0. The van der Waals surface area contributed by atoms with E-state index in [0.717, 1.165) is 24.1 Å². The van der Waals surface area contributed by atoms with Gasteiger partial charge in [0.15, 0.2) is 0 Å². The number of aryl methyl sites for hydroxylation is 2. The van der Waals surface area contributed by atoms with E-state index in [4.69, 9.17) is 0 Å². The monoisotopic (exact) mass is 427 g/mol. The van der Waals surface area contributed by atoms with E-state index in [9.17, 15) is 19.6 Å². The Morgan fingerprint density at radius 2 is 2.00 bits per heavy atom. The van der Waals surface area contributed by atoms with Crippen LogP contribution in [-0.2, 0) is 9.59 Å². The quantitative estimate of drug-likeness (QED) is 0.589. The van der Waals surface area contributed by atoms with Crippen molar-refractivity contribution in [1.29, 1.82) is 5.26 Å². The van der Waals surface area contributed by atoms with E-state index in [-0.39, 0.29) is 35.6 Å². The van der Waals surface area contributed by atoms with Gasteiger partial charge in [0, 0.05) is 24.2 Å². The van der Waals surface area contributed by atoms with Gasteiger partial charge in [0.2, 0.25) is 11.8 Å². The molecule has 2 aliphatic rings. The zero-order valence-electron chi connectivity index (χ0n) is 19.0. The van der Waals surface area contributed by atoms with Gasteiger partial charge in [0.05, 0.1) is 6.07 Å². The first kappa shape index (κ1) is 22.9. The molecule has 8 nitrogen and oxygen atoms in total. The van der Waals surface area contributed by atoms with Crippen molar-refractivity contribution < 1.29 is 14.4 Å². The van der Waals surface area contributed by atoms with Gasteiger partial charge in [-0.25, -0.2) is 0 Å². The van der Waals surface area contributed by atoms with Crippen molar-refractivity contribution in [2.24, 2.45) is 11.8 Å². The lowest BCUT2D eigenvalue weighted by Gasteiger charge is -2.28. The fourth-order valence-corrected chi connectivity index (χ4v) is 4.30. The highest BCUT2D eigenvalue weighted by molar-refractivity contribution is 5.96. The van der Waals surface area contributed by atoms with Crippen LogP contribution in [0.1, 0.15) is 67.7 Å². The van der Waals surface area contributed by atoms with Gasteiger partial charge in [-0.05, 0) is 64.5 Å². The molecule has 0 bridgehead atoms. The second-order valence-electron chi connectivity index (χ2n) is 9.80. The maximum Gasteiger partial charge on any atom is 0.270 e. The summed E-state index contributed by atoms with van der Waals surface area (Å²) in [7, 11) is 1.63. The molecule has 1 aromatic rings. The molecule has 3 atom stereocenters. The maximum absolute atomic E-state index is 13.1. The van der Waals surface area contributed by atoms with Crippen LogP contribution in [0.3, 0.4) is 0 Å². The van der Waals surface area contributed by atoms with E-state index in [0.29, 0.717) is 24.5 Å². The van der Waals surface area contributed by atoms with Crippen LogP contribution in [0.4, 0.5) is 0 Å². The van der Waals surface area contributed by atoms with Crippen LogP contribution in [0.5, 0.6) is 0 Å². The normalized spacial score (nSPS) is 21.7. The van der Waals surface area contributed by atoms with E-state index in [1.54, 1.807) is 13.1 Å². The molecule has 3 N–H and O–H groups in total. The van der Waals surface area contributed by atoms with Crippen molar-refractivity contribution in [1.82, 2.24) is 20.5 Å². The summed E-state index contributed by atoms with van der Waals surface area (Å²) < 4.78 is 0. The number of nitrogens with zero attached hydrogens (tertiary/aromatic N) is 2. The molecule has 168 valence electrons. The minimum absolute atomic E-state index is 0.0844. The topological polar surface area (TPSA) is 118 Å². The molecule has 3 amide bonds. The summed E-state index contributed by atoms with van der Waals surface area (Å²) in [5, 5.41) is 15.3. The third-order valence-electron chi connectivity index (χ3n) is 6.43. The van der Waals surface area contributed by atoms with Crippen LogP contribution in [0.15, 0.2) is 6.07 Å². The molecule has 0 spiro atoms. The van der Waals surface area contributed by atoms with E-state index in [2.05, 4.69) is 21.7 Å². The SMILES string of the molecule is Cc1cc(C(=O)N(C)C(CC2CC2)C(=O)NC(C#N)CC2CC(C)(C)NC2=O)[nH]c1C. The van der Waals surface area contributed by atoms with Crippen LogP contribution >= 0.6 is 0 Å². The summed E-state index contributed by atoms with van der Waals surface area (Å²) in [5.74, 6) is -0.570. The molecule has 1 aliphatic heterocycles. The largest absolute Gasteiger partial charge is 0.354 e. The Kier molecular flexibility index (Phi) is 6.44. The Balaban J connectivity index is 1.69. The zero-order valence-corrected chi connectivity index (χ0v) is 19.0. The Hall–Kier alpha value is -2.82. The number of aromatic amines is 1. The van der Waals surface area contributed by atoms with Crippen LogP contribution < -0.4 is 10.6 Å². The highest BCUT2D eigenvalue weighted by atomic mass is 16.2. The molecule has 2 fully saturated rings. The Bertz CT molecular complexity index is 889. The number of hydrogen-bond donors (Lipinski definition) is 3. The average Bonchev–Trinajstić information content (AvgIpc) is 3.40. The molecule has 0 aromatic carbocycles. The number of aromatic nitrogens is 1. The number of carbonyl (C=O) groups excluding carboxylic acids is 3. The summed E-state index contributed by atoms with van der Waals surface area (Å²) in [6, 6.07) is 2.47. The Morgan fingerprint density at radius 3 is 2.48 bits per heavy atom. The van der Waals surface area contributed by atoms with Gasteiger partial charge in [-0.3, -0.25) is 14.4 Å². The smallest absolute Gasteiger partial charge is 0.270 e. The molecule has 1 saturated carbocycles. The minimum atomic E-state index is -0.780. The fraction of sp³-hybridized carbons (Fsp3) is 0.652. The third kappa shape index (κ3) is 5.46. The summed E-state index contributed by atoms with van der Waals surface area (Å²) in [6.07, 6.45) is 3.55. The fourth-order valence-electron chi connectivity index (χ4n) is 4.30. The molecule has 2 heterocycles. The van der Waals surface area contributed by atoms with Gasteiger partial charge in [0.1, 0.15) is 17.8 Å². The standard InChI is InChI=1S/C23H33N5O3/c1-13-8-18(25-14(13)2)22(31)28(5)19(9-15-6-7-15)21(30)26-17(12-24)10-16-11-23(3,4)27-20(16)29/h8,15-17,19,25H,6-7,9-11H2,1-5H3,(H,26,30)(H,27,29). The van der Waals surface area contributed by atoms with Gasteiger partial charge < -0.3 is 20.5 Å². The lowest BCUT2D eigenvalue weighted by Crippen LogP contribution is -2.50. The number of likely N-dealkylation sites (N-methyl/N-ethyl adjacent to an activating group) is 1. The van der Waals surface area contributed by atoms with Crippen molar-refractivity contribution in [2.45, 2.75) is 77.4 Å². The number of hydrogen-bond acceptors (Lipinski definition) is 4. The summed E-state index contributed by atoms with van der Waals surface area (Å²) in [5.41, 5.74) is 2.05. The van der Waals surface area contributed by atoms with Gasteiger partial charge in [-0.15, -0.1) is 0 Å².